The maximum atomic E-state index is 9.99. The summed E-state index contributed by atoms with van der Waals surface area (Å²) in [5, 5.41) is 27.0. The summed E-state index contributed by atoms with van der Waals surface area (Å²) in [6.45, 7) is 4.50. The van der Waals surface area contributed by atoms with Gasteiger partial charge in [0.15, 0.2) is 0 Å². The Bertz CT molecular complexity index is 1630. The number of nitrogens with one attached hydrogen (secondary N) is 2. The molecule has 2 unspecified atom stereocenters. The molecule has 0 radical (unpaired) electrons. The zero-order chi connectivity index (χ0) is 28.1. The normalized spacial score (nSPS) is 12.7. The van der Waals surface area contributed by atoms with Gasteiger partial charge in [0.2, 0.25) is 0 Å². The number of aromatic nitrogens is 5. The summed E-state index contributed by atoms with van der Waals surface area (Å²) in [5.41, 5.74) is 5.04. The van der Waals surface area contributed by atoms with Gasteiger partial charge in [0.05, 0.1) is 46.7 Å². The summed E-state index contributed by atoms with van der Waals surface area (Å²) >= 11 is 6.78. The molecule has 0 bridgehead atoms. The number of methoxy groups -OCH3 is 1. The van der Waals surface area contributed by atoms with Gasteiger partial charge in [-0.1, -0.05) is 53.2 Å². The fourth-order valence-electron chi connectivity index (χ4n) is 4.55. The van der Waals surface area contributed by atoms with Crippen LogP contribution in [0.25, 0.3) is 10.9 Å². The summed E-state index contributed by atoms with van der Waals surface area (Å²) in [6, 6.07) is 19.5. The number of nitriles is 1. The van der Waals surface area contributed by atoms with Crippen LogP contribution in [0.4, 0.5) is 11.4 Å². The van der Waals surface area contributed by atoms with Crippen LogP contribution in [0.2, 0.25) is 5.02 Å². The van der Waals surface area contributed by atoms with Gasteiger partial charge in [0.25, 0.3) is 0 Å². The molecule has 0 spiro atoms. The average Bonchev–Trinajstić information content (AvgIpc) is 3.47. The highest BCUT2D eigenvalue weighted by atomic mass is 35.5. The first-order valence-corrected chi connectivity index (χ1v) is 13.3. The van der Waals surface area contributed by atoms with Crippen molar-refractivity contribution in [2.75, 3.05) is 24.4 Å². The first kappa shape index (κ1) is 27.1. The van der Waals surface area contributed by atoms with E-state index in [0.29, 0.717) is 33.8 Å². The highest BCUT2D eigenvalue weighted by molar-refractivity contribution is 6.35. The van der Waals surface area contributed by atoms with Crippen molar-refractivity contribution in [2.45, 2.75) is 32.0 Å². The number of hydrogen-bond donors (Lipinski definition) is 2. The molecule has 10 heteroatoms. The molecule has 202 valence electrons. The number of fused-ring (bicyclic) bond motifs is 1. The number of hydrogen-bond acceptors (Lipinski definition) is 8. The van der Waals surface area contributed by atoms with Crippen molar-refractivity contribution in [3.8, 4) is 6.07 Å². The monoisotopic (exact) mass is 552 g/mol. The molecule has 2 atom stereocenters. The fourth-order valence-corrected chi connectivity index (χ4v) is 4.82. The summed E-state index contributed by atoms with van der Waals surface area (Å²) < 4.78 is 7.33. The largest absolute Gasteiger partial charge is 0.382 e. The van der Waals surface area contributed by atoms with Crippen molar-refractivity contribution in [1.29, 1.82) is 5.26 Å². The number of rotatable bonds is 10. The molecule has 40 heavy (non-hydrogen) atoms. The van der Waals surface area contributed by atoms with Crippen LogP contribution in [0.1, 0.15) is 54.4 Å². The third-order valence-corrected chi connectivity index (χ3v) is 6.87. The van der Waals surface area contributed by atoms with Crippen molar-refractivity contribution < 1.29 is 4.74 Å². The smallest absolute Gasteiger partial charge is 0.110 e. The number of anilines is 2. The Balaban J connectivity index is 1.60. The lowest BCUT2D eigenvalue weighted by molar-refractivity contribution is 0.186. The molecule has 2 N–H and O–H groups in total. The minimum absolute atomic E-state index is 0.166. The van der Waals surface area contributed by atoms with E-state index in [-0.39, 0.29) is 18.1 Å². The lowest BCUT2D eigenvalue weighted by atomic mass is 10.0. The van der Waals surface area contributed by atoms with Gasteiger partial charge in [-0.2, -0.15) is 5.26 Å². The lowest BCUT2D eigenvalue weighted by Gasteiger charge is -2.23. The Kier molecular flexibility index (Phi) is 8.20. The van der Waals surface area contributed by atoms with Gasteiger partial charge < -0.3 is 15.4 Å². The van der Waals surface area contributed by atoms with Gasteiger partial charge in [-0.15, -0.1) is 5.10 Å². The molecular weight excluding hydrogens is 524 g/mol. The molecule has 2 aromatic carbocycles. The second-order valence-electron chi connectivity index (χ2n) is 9.66. The average molecular weight is 553 g/mol. The van der Waals surface area contributed by atoms with E-state index < -0.39 is 0 Å². The predicted molar refractivity (Wildman–Crippen MR) is 156 cm³/mol. The molecule has 0 saturated carbocycles. The zero-order valence-electron chi connectivity index (χ0n) is 22.4. The Hall–Kier alpha value is -4.52. The van der Waals surface area contributed by atoms with E-state index in [1.54, 1.807) is 25.7 Å². The van der Waals surface area contributed by atoms with Crippen LogP contribution in [-0.2, 0) is 4.74 Å². The van der Waals surface area contributed by atoms with Crippen LogP contribution in [0.5, 0.6) is 0 Å². The van der Waals surface area contributed by atoms with E-state index in [4.69, 9.17) is 16.3 Å². The van der Waals surface area contributed by atoms with Crippen molar-refractivity contribution in [2.24, 2.45) is 0 Å². The summed E-state index contributed by atoms with van der Waals surface area (Å²) in [5.74, 6) is 0. The summed E-state index contributed by atoms with van der Waals surface area (Å²) in [4.78, 5) is 8.82. The first-order chi connectivity index (χ1) is 19.5. The molecule has 0 aliphatic carbocycles. The predicted octanol–water partition coefficient (Wildman–Crippen LogP) is 6.33. The Labute approximate surface area is 237 Å². The molecule has 9 nitrogen and oxygen atoms in total. The number of halogens is 1. The molecule has 0 aliphatic heterocycles. The van der Waals surface area contributed by atoms with Gasteiger partial charge in [-0.05, 0) is 43.2 Å². The SMILES string of the molecule is COCC(Nc1c(C#N)cnc2c(Cl)cc(NC(c3cccnc3)c3cn(C(C)C)nn3)cc12)c1ccccc1. The van der Waals surface area contributed by atoms with E-state index in [2.05, 4.69) is 50.8 Å². The van der Waals surface area contributed by atoms with Gasteiger partial charge in [0.1, 0.15) is 11.8 Å². The Morgan fingerprint density at radius 2 is 1.85 bits per heavy atom. The number of benzene rings is 2. The van der Waals surface area contributed by atoms with Crippen LogP contribution >= 0.6 is 11.6 Å². The van der Waals surface area contributed by atoms with Gasteiger partial charge in [0, 0.05) is 42.8 Å². The summed E-state index contributed by atoms with van der Waals surface area (Å²) in [6.07, 6.45) is 7.00. The maximum Gasteiger partial charge on any atom is 0.110 e. The third-order valence-electron chi connectivity index (χ3n) is 6.58. The molecule has 0 aliphatic rings. The number of ether oxygens (including phenoxy) is 1. The van der Waals surface area contributed by atoms with Crippen LogP contribution < -0.4 is 10.6 Å². The van der Waals surface area contributed by atoms with Crippen LogP contribution in [0, 0.1) is 11.3 Å². The van der Waals surface area contributed by atoms with Gasteiger partial charge >= 0.3 is 0 Å². The van der Waals surface area contributed by atoms with E-state index in [1.807, 2.05) is 65.5 Å². The van der Waals surface area contributed by atoms with E-state index in [1.165, 1.54) is 0 Å². The second-order valence-corrected chi connectivity index (χ2v) is 10.1. The van der Waals surface area contributed by atoms with Crippen LogP contribution in [0.3, 0.4) is 0 Å². The Morgan fingerprint density at radius 3 is 2.52 bits per heavy atom. The fraction of sp³-hybridized carbons (Fsp3) is 0.233. The molecule has 5 rings (SSSR count). The van der Waals surface area contributed by atoms with Crippen LogP contribution in [-0.4, -0.2) is 38.7 Å². The van der Waals surface area contributed by atoms with E-state index >= 15 is 0 Å². The highest BCUT2D eigenvalue weighted by Crippen LogP contribution is 2.37. The molecule has 0 fully saturated rings. The molecule has 3 heterocycles. The Morgan fingerprint density at radius 1 is 1.05 bits per heavy atom. The molecule has 5 aromatic rings. The number of nitrogens with zero attached hydrogens (tertiary/aromatic N) is 6. The van der Waals surface area contributed by atoms with E-state index in [0.717, 1.165) is 22.5 Å². The topological polar surface area (TPSA) is 114 Å². The highest BCUT2D eigenvalue weighted by Gasteiger charge is 2.22. The third kappa shape index (κ3) is 5.73. The van der Waals surface area contributed by atoms with Gasteiger partial charge in [-0.25, -0.2) is 4.68 Å². The maximum absolute atomic E-state index is 9.99. The van der Waals surface area contributed by atoms with Gasteiger partial charge in [-0.3, -0.25) is 9.97 Å². The molecule has 3 aromatic heterocycles. The second kappa shape index (κ2) is 12.1. The zero-order valence-corrected chi connectivity index (χ0v) is 23.2. The van der Waals surface area contributed by atoms with Crippen molar-refractivity contribution in [1.82, 2.24) is 25.0 Å². The molecule has 0 amide bonds. The number of pyridine rings is 2. The molecular formula is C30H29ClN8O. The standard InChI is InChI=1S/C30H29ClN8O/c1-19(2)39-17-26(37-38-39)29(21-10-7-11-33-15-21)35-23-12-24-28(22(14-32)16-34-30(24)25(31)13-23)36-27(18-40-3)20-8-5-4-6-9-20/h4-13,15-17,19,27,29,35H,18H2,1-3H3,(H,34,36). The van der Waals surface area contributed by atoms with Crippen LogP contribution in [0.15, 0.2) is 79.4 Å². The van der Waals surface area contributed by atoms with Crippen molar-refractivity contribution >= 4 is 33.9 Å². The minimum atomic E-state index is -0.344. The summed E-state index contributed by atoms with van der Waals surface area (Å²) in [7, 11) is 1.65. The van der Waals surface area contributed by atoms with Crippen molar-refractivity contribution in [3.63, 3.8) is 0 Å². The van der Waals surface area contributed by atoms with E-state index in [9.17, 15) is 5.26 Å². The lowest BCUT2D eigenvalue weighted by Crippen LogP contribution is -2.17. The first-order valence-electron chi connectivity index (χ1n) is 12.9. The van der Waals surface area contributed by atoms with Crippen molar-refractivity contribution in [3.05, 3.63) is 107 Å². The minimum Gasteiger partial charge on any atom is -0.382 e. The quantitative estimate of drug-likeness (QED) is 0.207. The molecule has 0 saturated heterocycles.